The van der Waals surface area contributed by atoms with Crippen LogP contribution in [-0.2, 0) is 6.54 Å². The lowest BCUT2D eigenvalue weighted by Crippen LogP contribution is -2.21. The lowest BCUT2D eigenvalue weighted by atomic mass is 9.97. The number of aromatic nitrogens is 2. The van der Waals surface area contributed by atoms with E-state index in [0.717, 1.165) is 25.7 Å². The Kier molecular flexibility index (Phi) is 6.20. The van der Waals surface area contributed by atoms with E-state index in [0.29, 0.717) is 12.2 Å². The lowest BCUT2D eigenvalue weighted by molar-refractivity contribution is -0.255. The molecule has 1 aliphatic rings. The smallest absolute Gasteiger partial charge is 0.264 e. The fraction of sp³-hybridized carbons (Fsp3) is 0.300. The van der Waals surface area contributed by atoms with E-state index in [2.05, 4.69) is 16.1 Å². The fourth-order valence-electron chi connectivity index (χ4n) is 3.14. The van der Waals surface area contributed by atoms with Crippen molar-refractivity contribution in [1.82, 2.24) is 9.55 Å². The van der Waals surface area contributed by atoms with Gasteiger partial charge in [0, 0.05) is 12.8 Å². The first kappa shape index (κ1) is 19.8. The zero-order valence-electron chi connectivity index (χ0n) is 15.2. The van der Waals surface area contributed by atoms with Crippen LogP contribution in [0.25, 0.3) is 0 Å². The third-order valence-corrected chi connectivity index (χ3v) is 5.00. The zero-order valence-corrected chi connectivity index (χ0v) is 16.0. The van der Waals surface area contributed by atoms with Crippen molar-refractivity contribution in [2.24, 2.45) is 4.99 Å². The number of aromatic amines is 1. The molecule has 0 unspecified atom stereocenters. The summed E-state index contributed by atoms with van der Waals surface area (Å²) in [6, 6.07) is 5.81. The summed E-state index contributed by atoms with van der Waals surface area (Å²) in [6.07, 6.45) is 8.65. The molecular formula is C20H20N3O4S-. The van der Waals surface area contributed by atoms with Crippen LogP contribution in [0.3, 0.4) is 0 Å². The molecule has 2 aromatic rings. The minimum atomic E-state index is -1.32. The molecule has 0 saturated heterocycles. The lowest BCUT2D eigenvalue weighted by Gasteiger charge is -2.15. The molecule has 1 aliphatic carbocycles. The van der Waals surface area contributed by atoms with Crippen LogP contribution in [0.1, 0.15) is 48.0 Å². The van der Waals surface area contributed by atoms with Gasteiger partial charge in [0.2, 0.25) is 5.88 Å². The number of aromatic hydroxyl groups is 1. The van der Waals surface area contributed by atoms with Crippen LogP contribution in [-0.4, -0.2) is 26.8 Å². The number of H-pyrrole nitrogens is 1. The molecule has 1 aromatic carbocycles. The maximum Gasteiger partial charge on any atom is 0.264 e. The Hall–Kier alpha value is -3.00. The first-order valence-electron chi connectivity index (χ1n) is 9.05. The van der Waals surface area contributed by atoms with Crippen LogP contribution in [0.2, 0.25) is 0 Å². The quantitative estimate of drug-likeness (QED) is 0.441. The van der Waals surface area contributed by atoms with Gasteiger partial charge in [0.25, 0.3) is 5.56 Å². The summed E-state index contributed by atoms with van der Waals surface area (Å²) in [5, 5.41) is 21.5. The van der Waals surface area contributed by atoms with E-state index in [4.69, 9.17) is 12.2 Å². The van der Waals surface area contributed by atoms with E-state index in [1.54, 1.807) is 6.07 Å². The number of hydrogen-bond donors (Lipinski definition) is 2. The predicted octanol–water partition coefficient (Wildman–Crippen LogP) is 2.62. The van der Waals surface area contributed by atoms with Crippen molar-refractivity contribution in [1.29, 1.82) is 0 Å². The van der Waals surface area contributed by atoms with Gasteiger partial charge in [-0.15, -0.1) is 0 Å². The average molecular weight is 398 g/mol. The summed E-state index contributed by atoms with van der Waals surface area (Å²) in [5.41, 5.74) is 1.03. The van der Waals surface area contributed by atoms with Crippen molar-refractivity contribution in [3.63, 3.8) is 0 Å². The number of carboxylic acid groups (broad SMARTS) is 1. The molecule has 0 fully saturated rings. The van der Waals surface area contributed by atoms with Gasteiger partial charge in [-0.2, -0.15) is 0 Å². The monoisotopic (exact) mass is 398 g/mol. The van der Waals surface area contributed by atoms with E-state index in [1.807, 2.05) is 0 Å². The van der Waals surface area contributed by atoms with Gasteiger partial charge < -0.3 is 15.0 Å². The van der Waals surface area contributed by atoms with Crippen LogP contribution in [0.5, 0.6) is 5.88 Å². The van der Waals surface area contributed by atoms with Crippen LogP contribution in [0, 0.1) is 4.77 Å². The molecule has 7 nitrogen and oxygen atoms in total. The third kappa shape index (κ3) is 4.64. The Balaban J connectivity index is 1.88. The van der Waals surface area contributed by atoms with Gasteiger partial charge >= 0.3 is 0 Å². The summed E-state index contributed by atoms with van der Waals surface area (Å²) < 4.78 is 1.63. The normalized spacial score (nSPS) is 14.2. The van der Waals surface area contributed by atoms with Crippen LogP contribution >= 0.6 is 12.2 Å². The number of carbonyl (C=O) groups excluding carboxylic acids is 1. The maximum absolute atomic E-state index is 12.2. The Labute approximate surface area is 166 Å². The molecule has 0 aliphatic heterocycles. The average Bonchev–Trinajstić information content (AvgIpc) is 2.68. The second kappa shape index (κ2) is 8.79. The number of aliphatic imine (C=N–C) groups is 1. The summed E-state index contributed by atoms with van der Waals surface area (Å²) >= 11 is 5.19. The second-order valence-corrected chi connectivity index (χ2v) is 6.99. The van der Waals surface area contributed by atoms with Crippen LogP contribution in [0.15, 0.2) is 45.7 Å². The summed E-state index contributed by atoms with van der Waals surface area (Å²) in [5.74, 6) is -1.58. The minimum Gasteiger partial charge on any atom is -0.545 e. The van der Waals surface area contributed by atoms with E-state index < -0.39 is 11.5 Å². The van der Waals surface area contributed by atoms with Crippen molar-refractivity contribution >= 4 is 30.1 Å². The molecule has 146 valence electrons. The molecule has 0 amide bonds. The Morgan fingerprint density at radius 1 is 1.39 bits per heavy atom. The molecule has 0 bridgehead atoms. The highest BCUT2D eigenvalue weighted by Crippen LogP contribution is 2.22. The Morgan fingerprint density at radius 3 is 2.93 bits per heavy atom. The molecular weight excluding hydrogens is 378 g/mol. The van der Waals surface area contributed by atoms with Gasteiger partial charge in [0.05, 0.1) is 11.7 Å². The molecule has 1 aromatic heterocycles. The van der Waals surface area contributed by atoms with E-state index >= 15 is 0 Å². The van der Waals surface area contributed by atoms with Gasteiger partial charge in [0.15, 0.2) is 4.77 Å². The number of nitrogens with one attached hydrogen (secondary N) is 1. The van der Waals surface area contributed by atoms with Crippen molar-refractivity contribution < 1.29 is 15.0 Å². The van der Waals surface area contributed by atoms with E-state index in [-0.39, 0.29) is 21.8 Å². The first-order valence-corrected chi connectivity index (χ1v) is 9.46. The number of benzene rings is 1. The van der Waals surface area contributed by atoms with Crippen molar-refractivity contribution in [3.8, 4) is 5.88 Å². The SMILES string of the molecule is O=C([O-])c1cccc(N=Cc2c(O)n(CCC3=CCCCC3)c(=S)[nH]c2=O)c1. The molecule has 3 rings (SSSR count). The number of allylic oxidation sites excluding steroid dienone is 2. The van der Waals surface area contributed by atoms with Gasteiger partial charge in [-0.25, -0.2) is 0 Å². The summed E-state index contributed by atoms with van der Waals surface area (Å²) in [4.78, 5) is 29.8. The molecule has 1 heterocycles. The molecule has 0 saturated carbocycles. The van der Waals surface area contributed by atoms with Crippen molar-refractivity contribution in [2.75, 3.05) is 0 Å². The molecule has 28 heavy (non-hydrogen) atoms. The topological polar surface area (TPSA) is 111 Å². The zero-order chi connectivity index (χ0) is 20.1. The number of rotatable bonds is 6. The van der Waals surface area contributed by atoms with Crippen LogP contribution in [0.4, 0.5) is 5.69 Å². The van der Waals surface area contributed by atoms with Crippen LogP contribution < -0.4 is 10.7 Å². The largest absolute Gasteiger partial charge is 0.545 e. The van der Waals surface area contributed by atoms with Crippen molar-refractivity contribution in [2.45, 2.75) is 38.6 Å². The highest BCUT2D eigenvalue weighted by atomic mass is 32.1. The number of aromatic carboxylic acids is 1. The van der Waals surface area contributed by atoms with Gasteiger partial charge in [-0.3, -0.25) is 19.3 Å². The molecule has 0 spiro atoms. The fourth-order valence-corrected chi connectivity index (χ4v) is 3.41. The van der Waals surface area contributed by atoms with Gasteiger partial charge in [0.1, 0.15) is 5.56 Å². The minimum absolute atomic E-state index is 0.0236. The molecule has 2 N–H and O–H groups in total. The molecule has 0 atom stereocenters. The molecule has 8 heteroatoms. The Morgan fingerprint density at radius 2 is 2.21 bits per heavy atom. The predicted molar refractivity (Wildman–Crippen MR) is 107 cm³/mol. The summed E-state index contributed by atoms with van der Waals surface area (Å²) in [7, 11) is 0. The van der Waals surface area contributed by atoms with E-state index in [1.165, 1.54) is 41.0 Å². The molecule has 0 radical (unpaired) electrons. The number of nitrogens with zero attached hydrogens (tertiary/aromatic N) is 2. The van der Waals surface area contributed by atoms with Gasteiger partial charge in [-0.05, 0) is 62.0 Å². The maximum atomic E-state index is 12.2. The highest BCUT2D eigenvalue weighted by Gasteiger charge is 2.12. The third-order valence-electron chi connectivity index (χ3n) is 4.67. The first-order chi connectivity index (χ1) is 13.5. The second-order valence-electron chi connectivity index (χ2n) is 6.60. The number of carboxylic acids is 1. The van der Waals surface area contributed by atoms with Gasteiger partial charge in [-0.1, -0.05) is 23.8 Å². The Bertz CT molecular complexity index is 1070. The van der Waals surface area contributed by atoms with E-state index in [9.17, 15) is 19.8 Å². The highest BCUT2D eigenvalue weighted by molar-refractivity contribution is 7.71. The number of hydrogen-bond acceptors (Lipinski definition) is 6. The van der Waals surface area contributed by atoms with Crippen molar-refractivity contribution in [3.05, 3.63) is 62.2 Å². The standard InChI is InChI=1S/C20H21N3O4S/c24-17-16(12-21-15-8-4-7-14(11-15)19(26)27)18(25)23(20(28)22-17)10-9-13-5-2-1-3-6-13/h4-5,7-8,11-12,25H,1-3,6,9-10H2,(H,26,27)(H,22,24,28)/p-1. The number of carbonyl (C=O) groups is 1. The summed E-state index contributed by atoms with van der Waals surface area (Å²) in [6.45, 7) is 0.453.